The zero-order chi connectivity index (χ0) is 20.6. The van der Waals surface area contributed by atoms with Crippen LogP contribution in [0.1, 0.15) is 62.4 Å². The number of nitrogens with zero attached hydrogens (tertiary/aromatic N) is 3. The van der Waals surface area contributed by atoms with Gasteiger partial charge in [-0.15, -0.1) is 24.0 Å². The zero-order valence-corrected chi connectivity index (χ0v) is 20.7. The van der Waals surface area contributed by atoms with Crippen LogP contribution in [-0.2, 0) is 13.1 Å². The Labute approximate surface area is 196 Å². The Morgan fingerprint density at radius 2 is 2.00 bits per heavy atom. The summed E-state index contributed by atoms with van der Waals surface area (Å²) in [5.74, 6) is 3.74. The van der Waals surface area contributed by atoms with Crippen molar-refractivity contribution in [1.29, 1.82) is 0 Å². The SMILES string of the molecule is CCNC(=NCc1ccnc(OC2CCC(C)CC2)c1)NCc1nc(C)c(C)o1.I. The van der Waals surface area contributed by atoms with E-state index in [1.165, 1.54) is 12.8 Å². The summed E-state index contributed by atoms with van der Waals surface area (Å²) in [6.45, 7) is 10.0. The molecule has 2 aromatic heterocycles. The summed E-state index contributed by atoms with van der Waals surface area (Å²) >= 11 is 0. The van der Waals surface area contributed by atoms with Gasteiger partial charge in [0, 0.05) is 18.8 Å². The fourth-order valence-corrected chi connectivity index (χ4v) is 3.42. The molecule has 0 amide bonds. The Balaban J connectivity index is 0.00000320. The molecule has 2 heterocycles. The van der Waals surface area contributed by atoms with E-state index in [0.717, 1.165) is 48.3 Å². The van der Waals surface area contributed by atoms with Crippen LogP contribution in [0.5, 0.6) is 5.88 Å². The van der Waals surface area contributed by atoms with Crippen LogP contribution in [0.3, 0.4) is 0 Å². The molecule has 1 saturated carbocycles. The van der Waals surface area contributed by atoms with Crippen LogP contribution in [0.25, 0.3) is 0 Å². The summed E-state index contributed by atoms with van der Waals surface area (Å²) in [5, 5.41) is 6.52. The highest BCUT2D eigenvalue weighted by atomic mass is 127. The van der Waals surface area contributed by atoms with Gasteiger partial charge in [-0.25, -0.2) is 15.0 Å². The van der Waals surface area contributed by atoms with Gasteiger partial charge in [0.25, 0.3) is 0 Å². The Morgan fingerprint density at radius 1 is 1.23 bits per heavy atom. The number of guanidine groups is 1. The third-order valence-corrected chi connectivity index (χ3v) is 5.29. The molecule has 0 radical (unpaired) electrons. The van der Waals surface area contributed by atoms with E-state index in [1.54, 1.807) is 6.20 Å². The zero-order valence-electron chi connectivity index (χ0n) is 18.4. The van der Waals surface area contributed by atoms with Crippen LogP contribution >= 0.6 is 24.0 Å². The molecule has 0 unspecified atom stereocenters. The monoisotopic (exact) mass is 527 g/mol. The van der Waals surface area contributed by atoms with E-state index in [2.05, 4.69) is 32.5 Å². The number of aryl methyl sites for hydroxylation is 2. The van der Waals surface area contributed by atoms with Crippen LogP contribution in [-0.4, -0.2) is 28.6 Å². The molecular formula is C22H34IN5O2. The Bertz CT molecular complexity index is 796. The van der Waals surface area contributed by atoms with Crippen molar-refractivity contribution in [2.75, 3.05) is 6.54 Å². The molecule has 2 N–H and O–H groups in total. The molecule has 30 heavy (non-hydrogen) atoms. The molecule has 1 aliphatic rings. The quantitative estimate of drug-likeness (QED) is 0.313. The molecule has 0 bridgehead atoms. The number of rotatable bonds is 7. The fourth-order valence-electron chi connectivity index (χ4n) is 3.42. The van der Waals surface area contributed by atoms with Crippen molar-refractivity contribution in [2.24, 2.45) is 10.9 Å². The number of aromatic nitrogens is 2. The summed E-state index contributed by atoms with van der Waals surface area (Å²) in [4.78, 5) is 13.4. The number of pyridine rings is 1. The van der Waals surface area contributed by atoms with Crippen molar-refractivity contribution in [1.82, 2.24) is 20.6 Å². The lowest BCUT2D eigenvalue weighted by atomic mass is 9.89. The molecule has 1 aliphatic carbocycles. The number of hydrogen-bond donors (Lipinski definition) is 2. The van der Waals surface area contributed by atoms with Gasteiger partial charge in [0.15, 0.2) is 5.96 Å². The van der Waals surface area contributed by atoms with Crippen LogP contribution in [0.15, 0.2) is 27.7 Å². The van der Waals surface area contributed by atoms with E-state index in [9.17, 15) is 0 Å². The van der Waals surface area contributed by atoms with Gasteiger partial charge in [-0.3, -0.25) is 0 Å². The van der Waals surface area contributed by atoms with Crippen LogP contribution in [0.2, 0.25) is 0 Å². The minimum absolute atomic E-state index is 0. The van der Waals surface area contributed by atoms with Gasteiger partial charge in [0.1, 0.15) is 11.9 Å². The van der Waals surface area contributed by atoms with Gasteiger partial charge in [-0.1, -0.05) is 6.92 Å². The van der Waals surface area contributed by atoms with Crippen molar-refractivity contribution in [3.63, 3.8) is 0 Å². The maximum Gasteiger partial charge on any atom is 0.214 e. The third kappa shape index (κ3) is 7.45. The predicted molar refractivity (Wildman–Crippen MR) is 129 cm³/mol. The summed E-state index contributed by atoms with van der Waals surface area (Å²) in [6, 6.07) is 3.97. The first-order valence-electron chi connectivity index (χ1n) is 10.6. The number of nitrogens with one attached hydrogen (secondary N) is 2. The number of halogens is 1. The average molecular weight is 527 g/mol. The van der Waals surface area contributed by atoms with Gasteiger partial charge in [-0.05, 0) is 64.0 Å². The highest BCUT2D eigenvalue weighted by molar-refractivity contribution is 14.0. The van der Waals surface area contributed by atoms with E-state index in [0.29, 0.717) is 24.9 Å². The minimum Gasteiger partial charge on any atom is -0.474 e. The fraction of sp³-hybridized carbons (Fsp3) is 0.591. The molecule has 0 saturated heterocycles. The van der Waals surface area contributed by atoms with Crippen molar-refractivity contribution >= 4 is 29.9 Å². The smallest absolute Gasteiger partial charge is 0.214 e. The number of hydrogen-bond acceptors (Lipinski definition) is 5. The van der Waals surface area contributed by atoms with E-state index < -0.39 is 0 Å². The molecule has 3 rings (SSSR count). The number of oxazole rings is 1. The van der Waals surface area contributed by atoms with E-state index in [-0.39, 0.29) is 30.1 Å². The molecular weight excluding hydrogens is 493 g/mol. The van der Waals surface area contributed by atoms with Crippen molar-refractivity contribution in [3.8, 4) is 5.88 Å². The highest BCUT2D eigenvalue weighted by Gasteiger charge is 2.19. The maximum atomic E-state index is 6.11. The Hall–Kier alpha value is -1.84. The lowest BCUT2D eigenvalue weighted by Crippen LogP contribution is -2.36. The van der Waals surface area contributed by atoms with E-state index in [4.69, 9.17) is 9.15 Å². The summed E-state index contributed by atoms with van der Waals surface area (Å²) in [6.07, 6.45) is 6.76. The minimum atomic E-state index is 0. The second kappa shape index (κ2) is 12.1. The standard InChI is InChI=1S/C22H33N5O2.HI/c1-5-23-22(26-14-21-27-16(3)17(4)28-21)25-13-18-10-11-24-20(12-18)29-19-8-6-15(2)7-9-19;/h10-12,15,19H,5-9,13-14H2,1-4H3,(H2,23,25,26);1H. The van der Waals surface area contributed by atoms with Gasteiger partial charge in [0.05, 0.1) is 18.8 Å². The average Bonchev–Trinajstić information content (AvgIpc) is 3.04. The second-order valence-electron chi connectivity index (χ2n) is 7.80. The first-order chi connectivity index (χ1) is 14.0. The van der Waals surface area contributed by atoms with Gasteiger partial charge < -0.3 is 19.8 Å². The number of ether oxygens (including phenoxy) is 1. The van der Waals surface area contributed by atoms with Gasteiger partial charge in [0.2, 0.25) is 11.8 Å². The summed E-state index contributed by atoms with van der Waals surface area (Å²) in [5.41, 5.74) is 1.99. The first-order valence-corrected chi connectivity index (χ1v) is 10.6. The van der Waals surface area contributed by atoms with Crippen LogP contribution in [0, 0.1) is 19.8 Å². The summed E-state index contributed by atoms with van der Waals surface area (Å²) < 4.78 is 11.7. The molecule has 1 fully saturated rings. The molecule has 8 heteroatoms. The van der Waals surface area contributed by atoms with Crippen molar-refractivity contribution in [2.45, 2.75) is 72.6 Å². The van der Waals surface area contributed by atoms with E-state index >= 15 is 0 Å². The maximum absolute atomic E-state index is 6.11. The summed E-state index contributed by atoms with van der Waals surface area (Å²) in [7, 11) is 0. The molecule has 7 nitrogen and oxygen atoms in total. The number of aliphatic imine (C=N–C) groups is 1. The van der Waals surface area contributed by atoms with Gasteiger partial charge >= 0.3 is 0 Å². The van der Waals surface area contributed by atoms with Crippen molar-refractivity contribution < 1.29 is 9.15 Å². The topological polar surface area (TPSA) is 84.6 Å². The predicted octanol–water partition coefficient (Wildman–Crippen LogP) is 4.52. The molecule has 166 valence electrons. The normalized spacial score (nSPS) is 19.1. The first kappa shape index (κ1) is 24.4. The third-order valence-electron chi connectivity index (χ3n) is 5.29. The van der Waals surface area contributed by atoms with Crippen LogP contribution in [0.4, 0.5) is 0 Å². The second-order valence-corrected chi connectivity index (χ2v) is 7.80. The lowest BCUT2D eigenvalue weighted by Gasteiger charge is -2.26. The van der Waals surface area contributed by atoms with Gasteiger partial charge in [-0.2, -0.15) is 0 Å². The Kier molecular flexibility index (Phi) is 9.87. The Morgan fingerprint density at radius 3 is 2.67 bits per heavy atom. The molecule has 0 aliphatic heterocycles. The molecule has 0 atom stereocenters. The molecule has 0 aromatic carbocycles. The molecule has 0 spiro atoms. The highest BCUT2D eigenvalue weighted by Crippen LogP contribution is 2.26. The van der Waals surface area contributed by atoms with E-state index in [1.807, 2.05) is 32.9 Å². The van der Waals surface area contributed by atoms with Crippen LogP contribution < -0.4 is 15.4 Å². The van der Waals surface area contributed by atoms with Crippen molar-refractivity contribution in [3.05, 3.63) is 41.2 Å². The molecule has 2 aromatic rings. The largest absolute Gasteiger partial charge is 0.474 e. The lowest BCUT2D eigenvalue weighted by molar-refractivity contribution is 0.130.